The molecule has 7 nitrogen and oxygen atoms in total. The van der Waals surface area contributed by atoms with Gasteiger partial charge in [0.15, 0.2) is 5.82 Å². The van der Waals surface area contributed by atoms with Crippen LogP contribution in [0.1, 0.15) is 18.7 Å². The van der Waals surface area contributed by atoms with Gasteiger partial charge in [0.1, 0.15) is 11.2 Å². The van der Waals surface area contributed by atoms with Crippen molar-refractivity contribution in [1.82, 2.24) is 24.5 Å². The number of pyridine rings is 2. The third-order valence-corrected chi connectivity index (χ3v) is 4.19. The number of H-pyrrole nitrogens is 1. The number of rotatable bonds is 3. The Bertz CT molecular complexity index is 1040. The number of nitrogens with zero attached hydrogens (tertiary/aromatic N) is 4. The Balaban J connectivity index is 1.97. The van der Waals surface area contributed by atoms with Crippen LogP contribution in [-0.2, 0) is 7.05 Å². The average molecular weight is 321 g/mol. The molecule has 4 aromatic rings. The summed E-state index contributed by atoms with van der Waals surface area (Å²) < 4.78 is 2.00. The second-order valence-electron chi connectivity index (χ2n) is 5.94. The van der Waals surface area contributed by atoms with E-state index in [2.05, 4.69) is 31.3 Å². The molecule has 0 saturated carbocycles. The molecule has 0 aromatic carbocycles. The van der Waals surface area contributed by atoms with E-state index in [4.69, 9.17) is 5.73 Å². The van der Waals surface area contributed by atoms with Crippen LogP contribution >= 0.6 is 0 Å². The Labute approximate surface area is 138 Å². The zero-order valence-corrected chi connectivity index (χ0v) is 13.8. The zero-order valence-electron chi connectivity index (χ0n) is 13.8. The first kappa shape index (κ1) is 14.6. The number of hydrogen-bond donors (Lipinski definition) is 3. The highest BCUT2D eigenvalue weighted by Gasteiger charge is 2.15. The molecule has 4 aromatic heterocycles. The molecule has 4 heterocycles. The zero-order chi connectivity index (χ0) is 16.8. The molecule has 1 unspecified atom stereocenters. The fourth-order valence-corrected chi connectivity index (χ4v) is 2.97. The van der Waals surface area contributed by atoms with Gasteiger partial charge in [0.05, 0.1) is 28.9 Å². The summed E-state index contributed by atoms with van der Waals surface area (Å²) in [6, 6.07) is 7.84. The summed E-state index contributed by atoms with van der Waals surface area (Å²) in [5, 5.41) is 4.13. The van der Waals surface area contributed by atoms with Crippen molar-refractivity contribution in [3.8, 4) is 11.4 Å². The molecule has 4 rings (SSSR count). The number of aromatic nitrogens is 5. The van der Waals surface area contributed by atoms with Gasteiger partial charge in [0.2, 0.25) is 0 Å². The number of hydrogen-bond acceptors (Lipinski definition) is 5. The lowest BCUT2D eigenvalue weighted by Gasteiger charge is -2.05. The minimum Gasteiger partial charge on any atom is -0.371 e. The van der Waals surface area contributed by atoms with Crippen molar-refractivity contribution in [3.63, 3.8) is 0 Å². The highest BCUT2D eigenvalue weighted by molar-refractivity contribution is 6.07. The number of aromatic amines is 1. The normalized spacial score (nSPS) is 12.8. The van der Waals surface area contributed by atoms with Crippen LogP contribution in [0.15, 0.2) is 30.6 Å². The fourth-order valence-electron chi connectivity index (χ4n) is 2.97. The molecule has 0 aliphatic rings. The molecule has 0 spiro atoms. The van der Waals surface area contributed by atoms with E-state index in [0.29, 0.717) is 0 Å². The van der Waals surface area contributed by atoms with Gasteiger partial charge >= 0.3 is 0 Å². The van der Waals surface area contributed by atoms with E-state index in [-0.39, 0.29) is 6.04 Å². The van der Waals surface area contributed by atoms with Crippen molar-refractivity contribution < 1.29 is 0 Å². The van der Waals surface area contributed by atoms with Crippen LogP contribution in [0.2, 0.25) is 0 Å². The van der Waals surface area contributed by atoms with Gasteiger partial charge in [-0.3, -0.25) is 0 Å². The van der Waals surface area contributed by atoms with Gasteiger partial charge in [0, 0.05) is 25.5 Å². The van der Waals surface area contributed by atoms with Crippen LogP contribution in [0.25, 0.3) is 33.5 Å². The maximum Gasteiger partial charge on any atom is 0.156 e. The number of nitrogens with two attached hydrogens (primary N) is 1. The number of nitrogens with one attached hydrogen (secondary N) is 2. The summed E-state index contributed by atoms with van der Waals surface area (Å²) in [4.78, 5) is 17.1. The van der Waals surface area contributed by atoms with Crippen molar-refractivity contribution in [2.45, 2.75) is 13.0 Å². The Hall–Kier alpha value is -2.93. The van der Waals surface area contributed by atoms with Crippen molar-refractivity contribution in [1.29, 1.82) is 0 Å². The van der Waals surface area contributed by atoms with Gasteiger partial charge in [-0.25, -0.2) is 15.0 Å². The fraction of sp³-hybridized carbons (Fsp3) is 0.235. The van der Waals surface area contributed by atoms with E-state index in [1.807, 2.05) is 43.8 Å². The molecule has 7 heteroatoms. The van der Waals surface area contributed by atoms with E-state index >= 15 is 0 Å². The third-order valence-electron chi connectivity index (χ3n) is 4.19. The third kappa shape index (κ3) is 2.13. The van der Waals surface area contributed by atoms with Gasteiger partial charge in [0.25, 0.3) is 0 Å². The molecule has 0 amide bonds. The van der Waals surface area contributed by atoms with Crippen LogP contribution in [0, 0.1) is 0 Å². The van der Waals surface area contributed by atoms with E-state index in [1.165, 1.54) is 0 Å². The van der Waals surface area contributed by atoms with E-state index in [1.54, 1.807) is 6.33 Å². The predicted molar refractivity (Wildman–Crippen MR) is 95.7 cm³/mol. The van der Waals surface area contributed by atoms with E-state index in [9.17, 15) is 0 Å². The lowest BCUT2D eigenvalue weighted by molar-refractivity contribution is 0.782. The molecule has 0 radical (unpaired) electrons. The largest absolute Gasteiger partial charge is 0.371 e. The lowest BCUT2D eigenvalue weighted by atomic mass is 10.2. The molecule has 4 N–H and O–H groups in total. The van der Waals surface area contributed by atoms with Crippen molar-refractivity contribution in [3.05, 3.63) is 36.3 Å². The Kier molecular flexibility index (Phi) is 3.24. The lowest BCUT2D eigenvalue weighted by Crippen LogP contribution is -2.07. The number of fused-ring (bicyclic) bond motifs is 3. The molecule has 0 aliphatic carbocycles. The molecule has 0 saturated heterocycles. The second-order valence-corrected chi connectivity index (χ2v) is 5.94. The summed E-state index contributed by atoms with van der Waals surface area (Å²) >= 11 is 0. The summed E-state index contributed by atoms with van der Waals surface area (Å²) in [7, 11) is 3.83. The summed E-state index contributed by atoms with van der Waals surface area (Å²) in [5.41, 5.74) is 11.3. The van der Waals surface area contributed by atoms with Crippen LogP contribution in [0.5, 0.6) is 0 Å². The van der Waals surface area contributed by atoms with Crippen LogP contribution in [0.3, 0.4) is 0 Å². The SMILES string of the molecule is CNc1nc2[nH]c(-c3cccc(C(C)N)n3)cc2c2c1ncn2C. The van der Waals surface area contributed by atoms with Gasteiger partial charge in [-0.2, -0.15) is 0 Å². The quantitative estimate of drug-likeness (QED) is 0.539. The summed E-state index contributed by atoms with van der Waals surface area (Å²) in [6.45, 7) is 1.93. The van der Waals surface area contributed by atoms with E-state index < -0.39 is 0 Å². The monoisotopic (exact) mass is 321 g/mol. The molecular formula is C17H19N7. The van der Waals surface area contributed by atoms with Crippen molar-refractivity contribution >= 4 is 27.9 Å². The van der Waals surface area contributed by atoms with Crippen molar-refractivity contribution in [2.75, 3.05) is 12.4 Å². The first-order valence-electron chi connectivity index (χ1n) is 7.83. The number of anilines is 1. The van der Waals surface area contributed by atoms with Gasteiger partial charge in [-0.15, -0.1) is 0 Å². The highest BCUT2D eigenvalue weighted by Crippen LogP contribution is 2.31. The van der Waals surface area contributed by atoms with Gasteiger partial charge < -0.3 is 20.6 Å². The minimum absolute atomic E-state index is 0.105. The molecule has 0 aliphatic heterocycles. The highest BCUT2D eigenvalue weighted by atomic mass is 15.1. The standard InChI is InChI=1S/C17H19N7/c1-9(18)11-5-4-6-12(21-11)13-7-10-15-14(20-8-24(15)3)17(19-2)23-16(10)22-13/h4-9H,18H2,1-3H3,(H2,19,22,23). The van der Waals surface area contributed by atoms with Gasteiger partial charge in [-0.1, -0.05) is 6.07 Å². The molecule has 0 fully saturated rings. The molecule has 0 bridgehead atoms. The number of imidazole rings is 1. The molecule has 24 heavy (non-hydrogen) atoms. The molecule has 122 valence electrons. The first-order chi connectivity index (χ1) is 11.6. The smallest absolute Gasteiger partial charge is 0.156 e. The molecule has 1 atom stereocenters. The van der Waals surface area contributed by atoms with Crippen LogP contribution in [0.4, 0.5) is 5.82 Å². The maximum absolute atomic E-state index is 5.95. The summed E-state index contributed by atoms with van der Waals surface area (Å²) in [6.07, 6.45) is 1.80. The Morgan fingerprint density at radius 1 is 1.29 bits per heavy atom. The average Bonchev–Trinajstić information content (AvgIpc) is 3.17. The Morgan fingerprint density at radius 2 is 2.12 bits per heavy atom. The minimum atomic E-state index is -0.105. The number of aryl methyl sites for hydroxylation is 1. The topological polar surface area (TPSA) is 97.4 Å². The summed E-state index contributed by atoms with van der Waals surface area (Å²) in [5.74, 6) is 0.754. The van der Waals surface area contributed by atoms with Crippen LogP contribution in [-0.4, -0.2) is 31.6 Å². The maximum atomic E-state index is 5.95. The van der Waals surface area contributed by atoms with E-state index in [0.717, 1.165) is 45.0 Å². The van der Waals surface area contributed by atoms with Crippen molar-refractivity contribution in [2.24, 2.45) is 12.8 Å². The molecular weight excluding hydrogens is 302 g/mol. The first-order valence-corrected chi connectivity index (χ1v) is 7.83. The van der Waals surface area contributed by atoms with Gasteiger partial charge in [-0.05, 0) is 25.1 Å². The predicted octanol–water partition coefficient (Wildman–Crippen LogP) is 2.57. The Morgan fingerprint density at radius 3 is 2.88 bits per heavy atom. The second kappa shape index (κ2) is 5.31. The van der Waals surface area contributed by atoms with Crippen LogP contribution < -0.4 is 11.1 Å².